The van der Waals surface area contributed by atoms with Gasteiger partial charge in [-0.15, -0.1) is 20.3 Å². The summed E-state index contributed by atoms with van der Waals surface area (Å²) in [6, 6.07) is 2.78. The molecule has 21 heteroatoms. The van der Waals surface area contributed by atoms with E-state index in [0.29, 0.717) is 23.7 Å². The molecule has 0 bridgehead atoms. The van der Waals surface area contributed by atoms with Crippen molar-refractivity contribution in [2.75, 3.05) is 18.9 Å². The third-order valence-corrected chi connectivity index (χ3v) is 7.92. The van der Waals surface area contributed by atoms with E-state index >= 15 is 0 Å². The summed E-state index contributed by atoms with van der Waals surface area (Å²) in [5.74, 6) is -4.72. The molecular formula is C26H32FN8O10S2+. The minimum absolute atomic E-state index is 0.0196. The van der Waals surface area contributed by atoms with Crippen LogP contribution in [0.15, 0.2) is 41.1 Å². The highest BCUT2D eigenvalue weighted by Crippen LogP contribution is 2.33. The van der Waals surface area contributed by atoms with Crippen LogP contribution in [0.25, 0.3) is 11.1 Å². The predicted octanol–water partition coefficient (Wildman–Crippen LogP) is -0.401. The van der Waals surface area contributed by atoms with Crippen molar-refractivity contribution in [1.29, 1.82) is 0 Å². The number of carboxylic acids is 1. The lowest BCUT2D eigenvalue weighted by molar-refractivity contribution is -0.753. The lowest BCUT2D eigenvalue weighted by Crippen LogP contribution is -2.76. The molecule has 1 saturated heterocycles. The molecule has 3 aromatic rings. The normalized spacial score (nSPS) is 16.8. The molecule has 47 heavy (non-hydrogen) atoms. The number of amides is 2. The molecule has 2 amide bonds. The third-order valence-electron chi connectivity index (χ3n) is 6.91. The number of rotatable bonds is 15. The number of nitrogens with zero attached hydrogens (tertiary/aromatic N) is 5. The Morgan fingerprint density at radius 2 is 2.04 bits per heavy atom. The average molecular weight is 700 g/mol. The number of thiazole rings is 1. The summed E-state index contributed by atoms with van der Waals surface area (Å²) in [6.07, 6.45) is 2.57. The number of hydrogen-bond acceptors (Lipinski definition) is 13. The number of hydroxylamine groups is 2. The van der Waals surface area contributed by atoms with E-state index in [-0.39, 0.29) is 16.6 Å². The van der Waals surface area contributed by atoms with Crippen molar-refractivity contribution in [2.45, 2.75) is 44.5 Å². The molecule has 254 valence electrons. The van der Waals surface area contributed by atoms with Gasteiger partial charge in [0.25, 0.3) is 17.9 Å². The fourth-order valence-electron chi connectivity index (χ4n) is 4.43. The number of aliphatic carboxylic acids is 1. The van der Waals surface area contributed by atoms with Crippen LogP contribution in [-0.4, -0.2) is 87.1 Å². The molecule has 3 heterocycles. The summed E-state index contributed by atoms with van der Waals surface area (Å²) >= 11 is 0.921. The minimum Gasteiger partial charge on any atom is -0.486 e. The highest BCUT2D eigenvalue weighted by Gasteiger charge is 2.58. The second-order valence-electron chi connectivity index (χ2n) is 10.7. The van der Waals surface area contributed by atoms with Gasteiger partial charge in [0.05, 0.1) is 23.8 Å². The standard InChI is InChI=1S/C26H31FN8O10S2/c1-26(2)21(23(37)35(26)45-47(40,41)42)31-22(36)20(17-13-46-25(29)30-17)32-44-19(24(38)39)12-43-18-6-5-14(9-16(18)27)15-10-33(3)34(11-15)8-4-7-28/h5-6,9-11,13,19,21H,4,7-8,12,28H2,1-3H3,(H4-,29,30,31,36,38,39,40,41,42)/p+1/b32-20-/t19-,21+/m0/s1. The van der Waals surface area contributed by atoms with Gasteiger partial charge >= 0.3 is 16.4 Å². The summed E-state index contributed by atoms with van der Waals surface area (Å²) in [4.78, 5) is 46.7. The largest absolute Gasteiger partial charge is 0.486 e. The lowest BCUT2D eigenvalue weighted by atomic mass is 9.84. The number of carboxylic acid groups (broad SMARTS) is 1. The van der Waals surface area contributed by atoms with Crippen molar-refractivity contribution in [3.8, 4) is 16.9 Å². The lowest BCUT2D eigenvalue weighted by Gasteiger charge is -2.50. The third kappa shape index (κ3) is 8.18. The number of benzene rings is 1. The maximum atomic E-state index is 15.0. The van der Waals surface area contributed by atoms with Crippen molar-refractivity contribution in [1.82, 2.24) is 20.0 Å². The van der Waals surface area contributed by atoms with E-state index in [1.165, 1.54) is 31.4 Å². The monoisotopic (exact) mass is 699 g/mol. The molecular weight excluding hydrogens is 667 g/mol. The molecule has 7 N–H and O–H groups in total. The number of nitrogens with two attached hydrogens (primary N) is 2. The summed E-state index contributed by atoms with van der Waals surface area (Å²) in [5.41, 5.74) is 10.3. The van der Waals surface area contributed by atoms with Crippen LogP contribution in [0, 0.1) is 5.82 Å². The van der Waals surface area contributed by atoms with Gasteiger partial charge in [-0.1, -0.05) is 11.2 Å². The first kappa shape index (κ1) is 35.2. The SMILES string of the molecule is C[n+]1cc(-c2ccc(OC[C@H](O/N=C(\C(=O)N[C@@H]3C(=O)N(OS(=O)(=O)O)C3(C)C)c3csc(N)n3)C(=O)O)c(F)c2)cn1CCCN. The Morgan fingerprint density at radius 3 is 2.62 bits per heavy atom. The van der Waals surface area contributed by atoms with Gasteiger partial charge in [-0.3, -0.25) is 14.1 Å². The number of oxime groups is 1. The molecule has 0 radical (unpaired) electrons. The summed E-state index contributed by atoms with van der Waals surface area (Å²) in [6.45, 7) is 3.13. The number of hydrogen-bond donors (Lipinski definition) is 5. The Labute approximate surface area is 271 Å². The second-order valence-corrected chi connectivity index (χ2v) is 12.6. The fraction of sp³-hybridized carbons (Fsp3) is 0.385. The van der Waals surface area contributed by atoms with Crippen LogP contribution in [0.3, 0.4) is 0 Å². The molecule has 2 atom stereocenters. The van der Waals surface area contributed by atoms with Gasteiger partial charge in [0.2, 0.25) is 6.20 Å². The van der Waals surface area contributed by atoms with E-state index in [2.05, 4.69) is 19.7 Å². The molecule has 1 aromatic carbocycles. The Bertz CT molecular complexity index is 1810. The summed E-state index contributed by atoms with van der Waals surface area (Å²) < 4.78 is 59.5. The first-order valence-corrected chi connectivity index (χ1v) is 15.9. The van der Waals surface area contributed by atoms with Gasteiger partial charge in [-0.25, -0.2) is 14.2 Å². The first-order chi connectivity index (χ1) is 22.0. The summed E-state index contributed by atoms with van der Waals surface area (Å²) in [5, 5.41) is 17.4. The van der Waals surface area contributed by atoms with Crippen LogP contribution in [-0.2, 0) is 47.5 Å². The maximum absolute atomic E-state index is 15.0. The van der Waals surface area contributed by atoms with Gasteiger partial charge < -0.3 is 31.5 Å². The molecule has 0 aliphatic carbocycles. The molecule has 4 rings (SSSR count). The zero-order valence-electron chi connectivity index (χ0n) is 25.2. The Balaban J connectivity index is 1.47. The Hall–Kier alpha value is -4.70. The number of carbonyl (C=O) groups is 3. The van der Waals surface area contributed by atoms with E-state index in [9.17, 15) is 32.3 Å². The van der Waals surface area contributed by atoms with E-state index < -0.39 is 64.0 Å². The number of halogens is 1. The predicted molar refractivity (Wildman–Crippen MR) is 161 cm³/mol. The molecule has 0 spiro atoms. The number of ether oxygens (including phenoxy) is 1. The number of aromatic nitrogens is 3. The fourth-order valence-corrected chi connectivity index (χ4v) is 5.43. The number of nitrogen functional groups attached to an aromatic ring is 1. The van der Waals surface area contributed by atoms with Crippen LogP contribution in [0.4, 0.5) is 9.52 Å². The minimum atomic E-state index is -5.04. The Kier molecular flexibility index (Phi) is 10.4. The molecule has 1 fully saturated rings. The molecule has 0 unspecified atom stereocenters. The Morgan fingerprint density at radius 1 is 1.32 bits per heavy atom. The van der Waals surface area contributed by atoms with Crippen LogP contribution >= 0.6 is 11.3 Å². The van der Waals surface area contributed by atoms with Gasteiger partial charge in [0.1, 0.15) is 18.3 Å². The van der Waals surface area contributed by atoms with Crippen LogP contribution in [0.5, 0.6) is 5.75 Å². The van der Waals surface area contributed by atoms with Gasteiger partial charge in [0, 0.05) is 5.38 Å². The van der Waals surface area contributed by atoms with E-state index in [1.807, 2.05) is 28.8 Å². The van der Waals surface area contributed by atoms with Crippen molar-refractivity contribution >= 4 is 50.4 Å². The quantitative estimate of drug-likeness (QED) is 0.0446. The molecule has 2 aromatic heterocycles. The van der Waals surface area contributed by atoms with Crippen LogP contribution < -0.4 is 26.2 Å². The highest BCUT2D eigenvalue weighted by atomic mass is 32.3. The van der Waals surface area contributed by atoms with E-state index in [1.54, 1.807) is 6.07 Å². The van der Waals surface area contributed by atoms with E-state index in [4.69, 9.17) is 25.6 Å². The number of anilines is 1. The number of nitrogens with one attached hydrogen (secondary N) is 1. The average Bonchev–Trinajstić information content (AvgIpc) is 3.59. The maximum Gasteiger partial charge on any atom is 0.418 e. The first-order valence-electron chi connectivity index (χ1n) is 13.7. The molecule has 1 aliphatic heterocycles. The van der Waals surface area contributed by atoms with Gasteiger partial charge in [-0.2, -0.15) is 18.2 Å². The molecule has 1 aliphatic rings. The zero-order valence-corrected chi connectivity index (χ0v) is 26.8. The second kappa shape index (κ2) is 14.0. The van der Waals surface area contributed by atoms with E-state index in [0.717, 1.165) is 23.3 Å². The van der Waals surface area contributed by atoms with Crippen LogP contribution in [0.2, 0.25) is 0 Å². The number of aryl methyl sites for hydroxylation is 2. The van der Waals surface area contributed by atoms with Crippen molar-refractivity contribution in [2.24, 2.45) is 17.9 Å². The van der Waals surface area contributed by atoms with Crippen molar-refractivity contribution in [3.05, 3.63) is 47.5 Å². The van der Waals surface area contributed by atoms with Gasteiger partial charge in [-0.05, 0) is 44.5 Å². The van der Waals surface area contributed by atoms with Crippen molar-refractivity contribution < 1.29 is 55.4 Å². The number of carbonyl (C=O) groups excluding carboxylic acids is 2. The highest BCUT2D eigenvalue weighted by molar-refractivity contribution is 7.80. The zero-order chi connectivity index (χ0) is 34.7. The molecule has 0 saturated carbocycles. The van der Waals surface area contributed by atoms with Gasteiger partial charge in [0.15, 0.2) is 29.5 Å². The summed E-state index contributed by atoms with van der Waals surface area (Å²) in [7, 11) is -3.20. The smallest absolute Gasteiger partial charge is 0.418 e. The van der Waals surface area contributed by atoms with Crippen LogP contribution in [0.1, 0.15) is 26.0 Å². The molecule has 18 nitrogen and oxygen atoms in total. The topological polar surface area (TPSA) is 255 Å². The van der Waals surface area contributed by atoms with Crippen molar-refractivity contribution in [3.63, 3.8) is 0 Å². The number of β-lactam (4-membered cyclic amide) rings is 1.